The van der Waals surface area contributed by atoms with E-state index in [1.165, 1.54) is 19.3 Å². The van der Waals surface area contributed by atoms with E-state index >= 15 is 4.39 Å². The number of allylic oxidation sites excluding steroid dienone is 4. The van der Waals surface area contributed by atoms with Crippen LogP contribution in [0.5, 0.6) is 0 Å². The first-order valence-corrected chi connectivity index (χ1v) is 12.6. The van der Waals surface area contributed by atoms with Crippen LogP contribution in [0.4, 0.5) is 4.39 Å². The number of Topliss-reactive ketones (excluding diaryl/α,β-unsaturated/α-hetero) is 1. The molecule has 4 rings (SSSR count). The lowest BCUT2D eigenvalue weighted by Gasteiger charge is -2.62. The first-order chi connectivity index (χ1) is 15.9. The Hall–Kier alpha value is -1.57. The molecule has 0 spiro atoms. The maximum absolute atomic E-state index is 17.3. The highest BCUT2D eigenvalue weighted by Crippen LogP contribution is 2.71. The second-order valence-corrected chi connectivity index (χ2v) is 11.2. The van der Waals surface area contributed by atoms with Crippen molar-refractivity contribution < 1.29 is 33.4 Å². The molecule has 3 saturated carbocycles. The summed E-state index contributed by atoms with van der Waals surface area (Å²) in [5.74, 6) is -2.80. The molecule has 4 aliphatic carbocycles. The maximum Gasteiger partial charge on any atom is 0.309 e. The van der Waals surface area contributed by atoms with Crippen molar-refractivity contribution in [3.8, 4) is 0 Å². The number of methoxy groups -OCH3 is 1. The van der Waals surface area contributed by atoms with Gasteiger partial charge in [0.05, 0.1) is 25.0 Å². The summed E-state index contributed by atoms with van der Waals surface area (Å²) in [7, 11) is 1.47. The Balaban J connectivity index is 1.80. The molecule has 6 nitrogen and oxygen atoms in total. The number of hydrogen-bond acceptors (Lipinski definition) is 6. The molecule has 34 heavy (non-hydrogen) atoms. The Labute approximate surface area is 204 Å². The summed E-state index contributed by atoms with van der Waals surface area (Å²) in [4.78, 5) is 38.2. The minimum absolute atomic E-state index is 0.0225. The highest BCUT2D eigenvalue weighted by atomic mass is 35.5. The minimum Gasteiger partial charge on any atom is -0.450 e. The second kappa shape index (κ2) is 8.52. The molecular weight excluding hydrogens is 463 g/mol. The lowest BCUT2D eigenvalue weighted by Crippen LogP contribution is -2.70. The Morgan fingerprint density at radius 1 is 1.29 bits per heavy atom. The monoisotopic (exact) mass is 496 g/mol. The number of carbonyl (C=O) groups excluding carboxylic acids is 3. The lowest BCUT2D eigenvalue weighted by molar-refractivity contribution is -0.227. The molecule has 0 radical (unpaired) electrons. The largest absolute Gasteiger partial charge is 0.450 e. The standard InChI is InChI=1S/C26H34ClFO6/c1-15-11-19-18-6-5-16-12-17(29)7-9-23(16,2)25(18,28)20(30)13-24(19,3)26(15,21(31)14-27)34-22(32)8-10-33-4/h7,9,12,15,18-20,30H,5-6,8,10-11,13-14H2,1-4H3/t15-,18?,19?,20-,23?,24?,25-,26-/m0/s1. The predicted molar refractivity (Wildman–Crippen MR) is 124 cm³/mol. The van der Waals surface area contributed by atoms with Gasteiger partial charge >= 0.3 is 5.97 Å². The summed E-state index contributed by atoms with van der Waals surface area (Å²) in [6.07, 6.45) is 4.41. The predicted octanol–water partition coefficient (Wildman–Crippen LogP) is 3.73. The minimum atomic E-state index is -2.02. The van der Waals surface area contributed by atoms with Crippen LogP contribution < -0.4 is 0 Å². The van der Waals surface area contributed by atoms with E-state index in [1.807, 2.05) is 13.8 Å². The Bertz CT molecular complexity index is 963. The smallest absolute Gasteiger partial charge is 0.309 e. The van der Waals surface area contributed by atoms with Crippen molar-refractivity contribution in [2.45, 2.75) is 70.2 Å². The summed E-state index contributed by atoms with van der Waals surface area (Å²) in [6.45, 7) is 5.58. The highest BCUT2D eigenvalue weighted by Gasteiger charge is 2.77. The molecule has 188 valence electrons. The van der Waals surface area contributed by atoms with E-state index in [2.05, 4.69) is 0 Å². The molecule has 0 heterocycles. The van der Waals surface area contributed by atoms with Crippen molar-refractivity contribution in [3.63, 3.8) is 0 Å². The van der Waals surface area contributed by atoms with Crippen LogP contribution in [0.15, 0.2) is 23.8 Å². The van der Waals surface area contributed by atoms with Gasteiger partial charge in [-0.1, -0.05) is 25.5 Å². The van der Waals surface area contributed by atoms with Crippen LogP contribution in [0, 0.1) is 28.6 Å². The van der Waals surface area contributed by atoms with Crippen molar-refractivity contribution >= 4 is 29.1 Å². The van der Waals surface area contributed by atoms with Crippen LogP contribution in [0.3, 0.4) is 0 Å². The van der Waals surface area contributed by atoms with E-state index in [0.717, 1.165) is 0 Å². The van der Waals surface area contributed by atoms with Crippen LogP contribution in [0.1, 0.15) is 52.9 Å². The number of rotatable bonds is 6. The number of aliphatic hydroxyl groups is 1. The Morgan fingerprint density at radius 3 is 2.65 bits per heavy atom. The molecular formula is C26H34ClFO6. The topological polar surface area (TPSA) is 89.9 Å². The number of esters is 1. The van der Waals surface area contributed by atoms with E-state index in [4.69, 9.17) is 21.1 Å². The van der Waals surface area contributed by atoms with E-state index in [1.54, 1.807) is 13.0 Å². The zero-order valence-corrected chi connectivity index (χ0v) is 21.0. The molecule has 0 aromatic carbocycles. The van der Waals surface area contributed by atoms with Crippen LogP contribution in [-0.4, -0.2) is 59.6 Å². The number of hydrogen-bond donors (Lipinski definition) is 1. The van der Waals surface area contributed by atoms with Crippen LogP contribution >= 0.6 is 11.6 Å². The molecule has 1 N–H and O–H groups in total. The zero-order chi connectivity index (χ0) is 25.1. The molecule has 0 amide bonds. The fourth-order valence-electron chi connectivity index (χ4n) is 7.91. The zero-order valence-electron chi connectivity index (χ0n) is 20.2. The summed E-state index contributed by atoms with van der Waals surface area (Å²) >= 11 is 6.05. The summed E-state index contributed by atoms with van der Waals surface area (Å²) in [6, 6.07) is 0. The van der Waals surface area contributed by atoms with E-state index < -0.39 is 51.8 Å². The fourth-order valence-corrected chi connectivity index (χ4v) is 8.11. The third kappa shape index (κ3) is 3.15. The third-order valence-electron chi connectivity index (χ3n) is 9.50. The van der Waals surface area contributed by atoms with Gasteiger partial charge < -0.3 is 14.6 Å². The Morgan fingerprint density at radius 2 is 2.00 bits per heavy atom. The van der Waals surface area contributed by atoms with Crippen molar-refractivity contribution in [2.24, 2.45) is 28.6 Å². The van der Waals surface area contributed by atoms with E-state index in [0.29, 0.717) is 24.8 Å². The van der Waals surface area contributed by atoms with Gasteiger partial charge in [-0.2, -0.15) is 0 Å². The normalized spacial score (nSPS) is 45.1. The quantitative estimate of drug-likeness (QED) is 0.445. The number of carbonyl (C=O) groups is 3. The fraction of sp³-hybridized carbons (Fsp3) is 0.731. The molecule has 4 aliphatic rings. The highest BCUT2D eigenvalue weighted by molar-refractivity contribution is 6.29. The molecule has 0 aromatic heterocycles. The average molecular weight is 497 g/mol. The first-order valence-electron chi connectivity index (χ1n) is 12.0. The molecule has 0 aliphatic heterocycles. The first kappa shape index (κ1) is 25.5. The molecule has 8 heteroatoms. The van der Waals surface area contributed by atoms with Gasteiger partial charge in [0.25, 0.3) is 0 Å². The number of fused-ring (bicyclic) bond motifs is 5. The van der Waals surface area contributed by atoms with Crippen LogP contribution in [0.2, 0.25) is 0 Å². The number of ketones is 2. The summed E-state index contributed by atoms with van der Waals surface area (Å²) < 4.78 is 28.2. The van der Waals surface area contributed by atoms with E-state index in [-0.39, 0.29) is 37.0 Å². The summed E-state index contributed by atoms with van der Waals surface area (Å²) in [5, 5.41) is 11.5. The second-order valence-electron chi connectivity index (χ2n) is 10.9. The molecule has 8 atom stereocenters. The Kier molecular flexibility index (Phi) is 6.40. The number of ether oxygens (including phenoxy) is 2. The van der Waals surface area contributed by atoms with E-state index in [9.17, 15) is 19.5 Å². The maximum atomic E-state index is 17.3. The molecule has 0 aromatic rings. The number of alkyl halides is 2. The van der Waals surface area contributed by atoms with Crippen molar-refractivity contribution in [3.05, 3.63) is 23.8 Å². The SMILES string of the molecule is COCCC(=O)O[C@]1(C(=O)CCl)[C@@H](C)CC2C3CCC4=CC(=O)C=CC4(C)[C@@]3(F)[C@@H](O)CC21C. The number of aliphatic hydroxyl groups excluding tert-OH is 1. The van der Waals surface area contributed by atoms with Crippen molar-refractivity contribution in [2.75, 3.05) is 19.6 Å². The molecule has 3 fully saturated rings. The molecule has 0 saturated heterocycles. The molecule has 0 bridgehead atoms. The van der Waals surface area contributed by atoms with Crippen molar-refractivity contribution in [1.29, 1.82) is 0 Å². The molecule has 4 unspecified atom stereocenters. The van der Waals surface area contributed by atoms with Crippen molar-refractivity contribution in [1.82, 2.24) is 0 Å². The summed E-state index contributed by atoms with van der Waals surface area (Å²) in [5.41, 5.74) is -4.99. The van der Waals surface area contributed by atoms with Gasteiger partial charge in [0, 0.05) is 29.8 Å². The van der Waals surface area contributed by atoms with Gasteiger partial charge in [-0.15, -0.1) is 11.6 Å². The van der Waals surface area contributed by atoms with Gasteiger partial charge in [0.2, 0.25) is 0 Å². The van der Waals surface area contributed by atoms with Gasteiger partial charge in [-0.3, -0.25) is 14.4 Å². The van der Waals surface area contributed by atoms with Gasteiger partial charge in [0.15, 0.2) is 22.8 Å². The van der Waals surface area contributed by atoms with Gasteiger partial charge in [0.1, 0.15) is 0 Å². The van der Waals surface area contributed by atoms with Gasteiger partial charge in [-0.05, 0) is 50.7 Å². The number of halogens is 2. The average Bonchev–Trinajstić information content (AvgIpc) is 3.00. The lowest BCUT2D eigenvalue weighted by atomic mass is 9.44. The van der Waals surface area contributed by atoms with Gasteiger partial charge in [-0.25, -0.2) is 4.39 Å². The van der Waals surface area contributed by atoms with Crippen LogP contribution in [0.25, 0.3) is 0 Å². The van der Waals surface area contributed by atoms with Crippen LogP contribution in [-0.2, 0) is 23.9 Å². The third-order valence-corrected chi connectivity index (χ3v) is 9.74.